The molecule has 130 valence electrons. The van der Waals surface area contributed by atoms with E-state index < -0.39 is 0 Å². The number of carbonyl (C=O) groups is 1. The molecule has 0 saturated heterocycles. The Bertz CT molecular complexity index is 1130. The Morgan fingerprint density at radius 1 is 1.04 bits per heavy atom. The van der Waals surface area contributed by atoms with Gasteiger partial charge in [-0.1, -0.05) is 36.4 Å². The van der Waals surface area contributed by atoms with Gasteiger partial charge in [0.05, 0.1) is 5.69 Å². The van der Waals surface area contributed by atoms with Crippen molar-refractivity contribution in [3.05, 3.63) is 66.1 Å². The summed E-state index contributed by atoms with van der Waals surface area (Å²) in [4.78, 5) is 19.0. The monoisotopic (exact) mass is 345 g/mol. The molecule has 0 atom stereocenters. The van der Waals surface area contributed by atoms with Crippen molar-refractivity contribution in [3.8, 4) is 0 Å². The third kappa shape index (κ3) is 2.58. The lowest BCUT2D eigenvalue weighted by Gasteiger charge is -2.15. The molecule has 4 rings (SSSR count). The molecular weight excluding hydrogens is 326 g/mol. The van der Waals surface area contributed by atoms with Crippen LogP contribution in [0.1, 0.15) is 16.1 Å². The molecule has 2 heterocycles. The Hall–Kier alpha value is -3.34. The number of amides is 1. The maximum atomic E-state index is 12.9. The molecule has 1 N–H and O–H groups in total. The van der Waals surface area contributed by atoms with Crippen LogP contribution in [0.2, 0.25) is 0 Å². The molecule has 0 aliphatic rings. The van der Waals surface area contributed by atoms with Crippen LogP contribution in [0.25, 0.3) is 21.7 Å². The van der Waals surface area contributed by atoms with Crippen molar-refractivity contribution >= 4 is 39.2 Å². The number of fused-ring (bicyclic) bond motifs is 3. The summed E-state index contributed by atoms with van der Waals surface area (Å²) in [5, 5.41) is 5.96. The minimum Gasteiger partial charge on any atom is -0.450 e. The third-order valence-electron chi connectivity index (χ3n) is 4.49. The lowest BCUT2D eigenvalue weighted by atomic mass is 10.1. The molecule has 2 aromatic carbocycles. The van der Waals surface area contributed by atoms with E-state index in [1.807, 2.05) is 68.4 Å². The number of anilines is 2. The topological polar surface area (TPSA) is 58.4 Å². The van der Waals surface area contributed by atoms with Crippen molar-refractivity contribution in [2.75, 3.05) is 24.3 Å². The zero-order chi connectivity index (χ0) is 18.3. The Balaban J connectivity index is 1.78. The molecule has 4 aromatic rings. The van der Waals surface area contributed by atoms with Gasteiger partial charge in [-0.25, -0.2) is 4.98 Å². The highest BCUT2D eigenvalue weighted by Crippen LogP contribution is 2.32. The molecule has 0 fully saturated rings. The van der Waals surface area contributed by atoms with E-state index in [1.165, 1.54) is 0 Å². The van der Waals surface area contributed by atoms with Gasteiger partial charge in [0.2, 0.25) is 0 Å². The highest BCUT2D eigenvalue weighted by Gasteiger charge is 2.20. The third-order valence-corrected chi connectivity index (χ3v) is 4.49. The minimum atomic E-state index is -0.279. The van der Waals surface area contributed by atoms with E-state index in [1.54, 1.807) is 12.3 Å². The van der Waals surface area contributed by atoms with E-state index in [-0.39, 0.29) is 5.91 Å². The number of furan rings is 1. The van der Waals surface area contributed by atoms with E-state index in [9.17, 15) is 4.79 Å². The average molecular weight is 345 g/mol. The zero-order valence-corrected chi connectivity index (χ0v) is 14.9. The van der Waals surface area contributed by atoms with Crippen LogP contribution in [0, 0.1) is 6.92 Å². The first-order chi connectivity index (χ1) is 12.6. The van der Waals surface area contributed by atoms with Crippen LogP contribution in [0.5, 0.6) is 0 Å². The summed E-state index contributed by atoms with van der Waals surface area (Å²) >= 11 is 0. The lowest BCUT2D eigenvalue weighted by molar-refractivity contribution is 0.0998. The second-order valence-corrected chi connectivity index (χ2v) is 6.44. The quantitative estimate of drug-likeness (QED) is 0.589. The second-order valence-electron chi connectivity index (χ2n) is 6.44. The van der Waals surface area contributed by atoms with Crippen molar-refractivity contribution in [1.29, 1.82) is 0 Å². The number of nitrogens with one attached hydrogen (secondary N) is 1. The van der Waals surface area contributed by atoms with Gasteiger partial charge < -0.3 is 14.6 Å². The molecule has 2 aromatic heterocycles. The molecule has 0 aliphatic carbocycles. The molecule has 1 amide bonds. The minimum absolute atomic E-state index is 0.279. The van der Waals surface area contributed by atoms with Gasteiger partial charge in [0.15, 0.2) is 11.6 Å². The van der Waals surface area contributed by atoms with Gasteiger partial charge in [-0.05, 0) is 24.4 Å². The number of nitrogens with zero attached hydrogens (tertiary/aromatic N) is 2. The van der Waals surface area contributed by atoms with E-state index in [0.717, 1.165) is 27.3 Å². The number of aromatic nitrogens is 1. The Morgan fingerprint density at radius 2 is 1.85 bits per heavy atom. The van der Waals surface area contributed by atoms with Crippen LogP contribution in [-0.2, 0) is 0 Å². The van der Waals surface area contributed by atoms with Gasteiger partial charge in [0.1, 0.15) is 5.58 Å². The first kappa shape index (κ1) is 16.1. The number of hydrogen-bond donors (Lipinski definition) is 1. The number of pyridine rings is 1. The predicted molar refractivity (Wildman–Crippen MR) is 105 cm³/mol. The van der Waals surface area contributed by atoms with E-state index >= 15 is 0 Å². The molecule has 0 unspecified atom stereocenters. The van der Waals surface area contributed by atoms with Gasteiger partial charge >= 0.3 is 0 Å². The van der Waals surface area contributed by atoms with E-state index in [0.29, 0.717) is 17.3 Å². The normalized spacial score (nSPS) is 11.0. The maximum Gasteiger partial charge on any atom is 0.291 e. The summed E-state index contributed by atoms with van der Waals surface area (Å²) < 4.78 is 6.00. The molecule has 5 heteroatoms. The largest absolute Gasteiger partial charge is 0.450 e. The van der Waals surface area contributed by atoms with Crippen molar-refractivity contribution in [2.24, 2.45) is 0 Å². The molecule has 0 bridgehead atoms. The van der Waals surface area contributed by atoms with E-state index in [4.69, 9.17) is 4.42 Å². The fourth-order valence-corrected chi connectivity index (χ4v) is 3.20. The number of rotatable bonds is 3. The zero-order valence-electron chi connectivity index (χ0n) is 14.9. The van der Waals surface area contributed by atoms with Gasteiger partial charge in [-0.3, -0.25) is 4.79 Å². The highest BCUT2D eigenvalue weighted by molar-refractivity contribution is 6.12. The Morgan fingerprint density at radius 3 is 2.65 bits per heavy atom. The highest BCUT2D eigenvalue weighted by atomic mass is 16.3. The molecule has 5 nitrogen and oxygen atoms in total. The van der Waals surface area contributed by atoms with Crippen LogP contribution >= 0.6 is 0 Å². The van der Waals surface area contributed by atoms with Crippen molar-refractivity contribution in [3.63, 3.8) is 0 Å². The average Bonchev–Trinajstić information content (AvgIpc) is 2.99. The SMILES string of the molecule is Cc1c(C(=O)Nc2cccnc2N(C)C)oc2c1ccc1ccccc12. The summed E-state index contributed by atoms with van der Waals surface area (Å²) in [5.74, 6) is 0.740. The maximum absolute atomic E-state index is 12.9. The molecule has 0 radical (unpaired) electrons. The fraction of sp³-hybridized carbons (Fsp3) is 0.143. The summed E-state index contributed by atoms with van der Waals surface area (Å²) in [6.07, 6.45) is 1.70. The number of carbonyl (C=O) groups excluding carboxylic acids is 1. The summed E-state index contributed by atoms with van der Waals surface area (Å²) in [6.45, 7) is 1.91. The van der Waals surface area contributed by atoms with Crippen LogP contribution in [0.15, 0.2) is 59.1 Å². The van der Waals surface area contributed by atoms with Gasteiger partial charge in [-0.2, -0.15) is 0 Å². The summed E-state index contributed by atoms with van der Waals surface area (Å²) in [6, 6.07) is 15.7. The Labute approximate surface area is 151 Å². The molecular formula is C21H19N3O2. The molecule has 26 heavy (non-hydrogen) atoms. The van der Waals surface area contributed by atoms with Crippen molar-refractivity contribution in [2.45, 2.75) is 6.92 Å². The first-order valence-electron chi connectivity index (χ1n) is 8.41. The standard InChI is InChI=1S/C21H19N3O2/c1-13-15-11-10-14-7-4-5-8-16(14)19(15)26-18(13)21(25)23-17-9-6-12-22-20(17)24(2)3/h4-12H,1-3H3,(H,23,25). The fourth-order valence-electron chi connectivity index (χ4n) is 3.20. The van der Waals surface area contributed by atoms with Gasteiger partial charge in [0.25, 0.3) is 5.91 Å². The molecule has 0 aliphatic heterocycles. The van der Waals surface area contributed by atoms with Crippen LogP contribution in [-0.4, -0.2) is 25.0 Å². The van der Waals surface area contributed by atoms with Crippen LogP contribution in [0.3, 0.4) is 0 Å². The number of hydrogen-bond acceptors (Lipinski definition) is 4. The Kier molecular flexibility index (Phi) is 3.84. The molecule has 0 saturated carbocycles. The van der Waals surface area contributed by atoms with Gasteiger partial charge in [0, 0.05) is 36.6 Å². The number of benzene rings is 2. The van der Waals surface area contributed by atoms with Crippen LogP contribution in [0.4, 0.5) is 11.5 Å². The second kappa shape index (κ2) is 6.19. The van der Waals surface area contributed by atoms with E-state index in [2.05, 4.69) is 10.3 Å². The number of aryl methyl sites for hydroxylation is 1. The van der Waals surface area contributed by atoms with Gasteiger partial charge in [-0.15, -0.1) is 0 Å². The van der Waals surface area contributed by atoms with Crippen LogP contribution < -0.4 is 10.2 Å². The summed E-state index contributed by atoms with van der Waals surface area (Å²) in [7, 11) is 3.77. The first-order valence-corrected chi connectivity index (χ1v) is 8.41. The van der Waals surface area contributed by atoms with Crippen molar-refractivity contribution < 1.29 is 9.21 Å². The lowest BCUT2D eigenvalue weighted by Crippen LogP contribution is -2.17. The summed E-state index contributed by atoms with van der Waals surface area (Å²) in [5.41, 5.74) is 2.22. The molecule has 0 spiro atoms. The van der Waals surface area contributed by atoms with Crippen molar-refractivity contribution in [1.82, 2.24) is 4.98 Å². The smallest absolute Gasteiger partial charge is 0.291 e. The predicted octanol–water partition coefficient (Wildman–Crippen LogP) is 4.61.